The van der Waals surface area contributed by atoms with Gasteiger partial charge in [0.05, 0.1) is 18.5 Å². The maximum Gasteiger partial charge on any atom is 0.350 e. The Balaban J connectivity index is 0.916. The van der Waals surface area contributed by atoms with Gasteiger partial charge in [-0.25, -0.2) is 4.79 Å². The van der Waals surface area contributed by atoms with Gasteiger partial charge in [0.25, 0.3) is 0 Å². The van der Waals surface area contributed by atoms with Crippen LogP contribution >= 0.6 is 0 Å². The zero-order valence-electron chi connectivity index (χ0n) is 27.4. The molecule has 5 aromatic rings. The van der Waals surface area contributed by atoms with Crippen LogP contribution in [-0.2, 0) is 21.7 Å². The van der Waals surface area contributed by atoms with Gasteiger partial charge in [-0.05, 0) is 73.5 Å². The Labute approximate surface area is 280 Å². The Hall–Kier alpha value is -5.00. The number of piperazine rings is 1. The molecule has 0 radical (unpaired) electrons. The topological polar surface area (TPSA) is 99.8 Å². The highest BCUT2D eigenvalue weighted by atomic mass is 16.8. The second kappa shape index (κ2) is 14.0. The molecule has 3 aromatic carbocycles. The van der Waals surface area contributed by atoms with Gasteiger partial charge in [-0.1, -0.05) is 37.3 Å². The molecule has 2 saturated heterocycles. The molecule has 4 heterocycles. The maximum absolute atomic E-state index is 12.8. The summed E-state index contributed by atoms with van der Waals surface area (Å²) in [5.41, 5.74) is 4.93. The zero-order chi connectivity index (χ0) is 32.9. The molecule has 0 spiro atoms. The Bertz CT molecular complexity index is 1820. The monoisotopic (exact) mass is 647 g/mol. The molecule has 0 aliphatic carbocycles. The largest absolute Gasteiger partial charge is 0.491 e. The molecule has 11 nitrogen and oxygen atoms in total. The van der Waals surface area contributed by atoms with Gasteiger partial charge in [-0.15, -0.1) is 0 Å². The molecular formula is C37H41N7O4. The highest BCUT2D eigenvalue weighted by Gasteiger charge is 2.43. The Morgan fingerprint density at radius 1 is 0.875 bits per heavy atom. The first-order valence-electron chi connectivity index (χ1n) is 16.6. The first-order valence-corrected chi connectivity index (χ1v) is 16.6. The van der Waals surface area contributed by atoms with Crippen molar-refractivity contribution < 1.29 is 14.2 Å². The summed E-state index contributed by atoms with van der Waals surface area (Å²) in [4.78, 5) is 17.6. The average molecular weight is 648 g/mol. The van der Waals surface area contributed by atoms with Crippen molar-refractivity contribution in [3.63, 3.8) is 0 Å². The van der Waals surface area contributed by atoms with Gasteiger partial charge >= 0.3 is 5.69 Å². The normalized spacial score (nSPS) is 20.2. The highest BCUT2D eigenvalue weighted by Crippen LogP contribution is 2.37. The van der Waals surface area contributed by atoms with Gasteiger partial charge in [0.1, 0.15) is 24.8 Å². The molecule has 3 atom stereocenters. The molecule has 0 amide bonds. The molecule has 248 valence electrons. The summed E-state index contributed by atoms with van der Waals surface area (Å²) in [7, 11) is 0. The SMILES string of the molecule is CCC(C)n1cnn(-c2ccc(N3CCN(c4ccc(OC[C@@H]5CO[C@@](Cc6ccnnc6)(c6ccccc6)O5)cc4)CC3)cc2)c1=O. The van der Waals surface area contributed by atoms with E-state index in [4.69, 9.17) is 14.2 Å². The Morgan fingerprint density at radius 2 is 1.54 bits per heavy atom. The summed E-state index contributed by atoms with van der Waals surface area (Å²) in [5.74, 6) is -0.104. The summed E-state index contributed by atoms with van der Waals surface area (Å²) in [6.45, 7) is 8.52. The third-order valence-electron chi connectivity index (χ3n) is 9.29. The van der Waals surface area contributed by atoms with E-state index in [1.807, 2.05) is 67.6 Å². The Morgan fingerprint density at radius 3 is 2.19 bits per heavy atom. The molecule has 2 fully saturated rings. The van der Waals surface area contributed by atoms with Crippen LogP contribution in [0, 0.1) is 0 Å². The summed E-state index contributed by atoms with van der Waals surface area (Å²) < 4.78 is 22.2. The third-order valence-corrected chi connectivity index (χ3v) is 9.29. The van der Waals surface area contributed by atoms with Crippen molar-refractivity contribution in [2.24, 2.45) is 0 Å². The van der Waals surface area contributed by atoms with Gasteiger partial charge in [0.2, 0.25) is 0 Å². The van der Waals surface area contributed by atoms with E-state index in [9.17, 15) is 4.79 Å². The fourth-order valence-electron chi connectivity index (χ4n) is 6.34. The molecule has 0 saturated carbocycles. The minimum Gasteiger partial charge on any atom is -0.491 e. The van der Waals surface area contributed by atoms with E-state index >= 15 is 0 Å². The molecule has 1 unspecified atom stereocenters. The standard InChI is InChI=1S/C37H41N7O4/c1-3-28(2)43-27-40-44(36(43)45)33-11-9-31(10-12-33)41-19-21-42(22-20-41)32-13-15-34(16-14-32)46-25-35-26-47-37(48-35,30-7-5-4-6-8-30)23-29-17-18-38-39-24-29/h4-18,24,27-28,35H,3,19-23,25-26H2,1-2H3/t28?,35-,37-/m1/s1. The van der Waals surface area contributed by atoms with Crippen molar-refractivity contribution in [2.45, 2.75) is 44.6 Å². The van der Waals surface area contributed by atoms with E-state index in [-0.39, 0.29) is 17.8 Å². The van der Waals surface area contributed by atoms with E-state index in [1.165, 1.54) is 10.4 Å². The molecule has 0 bridgehead atoms. The number of hydrogen-bond acceptors (Lipinski definition) is 9. The van der Waals surface area contributed by atoms with Gasteiger partial charge in [0, 0.05) is 61.8 Å². The smallest absolute Gasteiger partial charge is 0.350 e. The first kappa shape index (κ1) is 31.6. The average Bonchev–Trinajstić information content (AvgIpc) is 3.75. The van der Waals surface area contributed by atoms with E-state index in [1.54, 1.807) is 23.3 Å². The van der Waals surface area contributed by atoms with E-state index in [0.29, 0.717) is 19.6 Å². The number of ether oxygens (including phenoxy) is 3. The van der Waals surface area contributed by atoms with Crippen molar-refractivity contribution in [1.82, 2.24) is 24.5 Å². The van der Waals surface area contributed by atoms with Crippen LogP contribution in [0.15, 0.2) is 108 Å². The molecule has 2 aliphatic heterocycles. The lowest BCUT2D eigenvalue weighted by Crippen LogP contribution is -2.46. The van der Waals surface area contributed by atoms with Crippen LogP contribution in [0.1, 0.15) is 37.4 Å². The number of aromatic nitrogens is 5. The molecule has 2 aromatic heterocycles. The number of anilines is 2. The number of nitrogens with zero attached hydrogens (tertiary/aromatic N) is 7. The summed E-state index contributed by atoms with van der Waals surface area (Å²) in [6, 6.07) is 28.5. The van der Waals surface area contributed by atoms with Gasteiger partial charge in [-0.3, -0.25) is 4.57 Å². The predicted octanol–water partition coefficient (Wildman–Crippen LogP) is 5.01. The Kier molecular flexibility index (Phi) is 9.22. The minimum absolute atomic E-state index is 0.108. The van der Waals surface area contributed by atoms with Gasteiger partial charge < -0.3 is 24.0 Å². The molecular weight excluding hydrogens is 606 g/mol. The van der Waals surface area contributed by atoms with Crippen molar-refractivity contribution >= 4 is 11.4 Å². The second-order valence-electron chi connectivity index (χ2n) is 12.4. The number of hydrogen-bond donors (Lipinski definition) is 0. The summed E-state index contributed by atoms with van der Waals surface area (Å²) in [6.07, 6.45) is 6.25. The van der Waals surface area contributed by atoms with Crippen LogP contribution in [0.5, 0.6) is 5.75 Å². The van der Waals surface area contributed by atoms with Crippen LogP contribution in [0.25, 0.3) is 5.69 Å². The van der Waals surface area contributed by atoms with Gasteiger partial charge in [-0.2, -0.15) is 20.0 Å². The molecule has 2 aliphatic rings. The van der Waals surface area contributed by atoms with Crippen LogP contribution in [0.4, 0.5) is 11.4 Å². The molecule has 7 rings (SSSR count). The van der Waals surface area contributed by atoms with Crippen molar-refractivity contribution in [1.29, 1.82) is 0 Å². The lowest BCUT2D eigenvalue weighted by atomic mass is 9.99. The first-order chi connectivity index (χ1) is 23.5. The molecule has 11 heteroatoms. The van der Waals surface area contributed by atoms with E-state index in [2.05, 4.69) is 56.3 Å². The third kappa shape index (κ3) is 6.69. The van der Waals surface area contributed by atoms with E-state index < -0.39 is 5.79 Å². The van der Waals surface area contributed by atoms with Crippen molar-refractivity contribution in [2.75, 3.05) is 49.2 Å². The van der Waals surface area contributed by atoms with Crippen molar-refractivity contribution in [3.05, 3.63) is 125 Å². The quantitative estimate of drug-likeness (QED) is 0.196. The fourth-order valence-corrected chi connectivity index (χ4v) is 6.34. The molecule has 0 N–H and O–H groups in total. The highest BCUT2D eigenvalue weighted by molar-refractivity contribution is 5.54. The summed E-state index contributed by atoms with van der Waals surface area (Å²) in [5, 5.41) is 12.3. The lowest BCUT2D eigenvalue weighted by Gasteiger charge is -2.37. The minimum atomic E-state index is -0.900. The number of benzene rings is 3. The summed E-state index contributed by atoms with van der Waals surface area (Å²) >= 11 is 0. The molecule has 48 heavy (non-hydrogen) atoms. The zero-order valence-corrected chi connectivity index (χ0v) is 27.4. The van der Waals surface area contributed by atoms with Crippen molar-refractivity contribution in [3.8, 4) is 11.4 Å². The van der Waals surface area contributed by atoms with Crippen LogP contribution in [0.3, 0.4) is 0 Å². The lowest BCUT2D eigenvalue weighted by molar-refractivity contribution is -0.178. The fraction of sp³-hybridized carbons (Fsp3) is 0.351. The number of rotatable bonds is 11. The maximum atomic E-state index is 12.8. The van der Waals surface area contributed by atoms with E-state index in [0.717, 1.165) is 60.9 Å². The van der Waals surface area contributed by atoms with Crippen LogP contribution < -0.4 is 20.2 Å². The predicted molar refractivity (Wildman–Crippen MR) is 184 cm³/mol. The van der Waals surface area contributed by atoms with Gasteiger partial charge in [0.15, 0.2) is 5.79 Å². The van der Waals surface area contributed by atoms with Crippen LogP contribution in [0.2, 0.25) is 0 Å². The second-order valence-corrected chi connectivity index (χ2v) is 12.4. The van der Waals surface area contributed by atoms with Crippen LogP contribution in [-0.4, -0.2) is 70.0 Å².